The Hall–Kier alpha value is -0.320. The first-order chi connectivity index (χ1) is 5.66. The monoisotopic (exact) mass is 189 g/mol. The van der Waals surface area contributed by atoms with Crippen molar-refractivity contribution in [2.45, 2.75) is 31.3 Å². The summed E-state index contributed by atoms with van der Waals surface area (Å²) in [6.45, 7) is 1.96. The molecule has 0 aromatic heterocycles. The van der Waals surface area contributed by atoms with E-state index in [0.29, 0.717) is 0 Å². The quantitative estimate of drug-likeness (QED) is 0.458. The Bertz CT molecular complexity index is 205. The summed E-state index contributed by atoms with van der Waals surface area (Å²) in [6.07, 6.45) is -2.49. The number of aliphatic hydroxyl groups is 2. The lowest BCUT2D eigenvalue weighted by molar-refractivity contribution is 0.0227. The minimum atomic E-state index is -0.868. The summed E-state index contributed by atoms with van der Waals surface area (Å²) < 4.78 is 5.21. The summed E-state index contributed by atoms with van der Waals surface area (Å²) in [5.41, 5.74) is 0. The first-order valence-corrected chi connectivity index (χ1v) is 4.13. The molecule has 1 aliphatic rings. The first kappa shape index (κ1) is 9.77. The van der Waals surface area contributed by atoms with Crippen molar-refractivity contribution < 1.29 is 14.9 Å². The standard InChI is InChI=1S/C7H11NO3S/c1-4-6(9)7(10)5(11-4)2-8-3-12/h4-7,9-10H,2H2,1H3/t4-,5+,6?,7?/m0/s1. The van der Waals surface area contributed by atoms with Gasteiger partial charge in [0.25, 0.3) is 0 Å². The Morgan fingerprint density at radius 1 is 1.50 bits per heavy atom. The largest absolute Gasteiger partial charge is 0.388 e. The molecule has 2 unspecified atom stereocenters. The third kappa shape index (κ3) is 1.88. The van der Waals surface area contributed by atoms with Gasteiger partial charge in [0.05, 0.1) is 17.8 Å². The predicted molar refractivity (Wildman–Crippen MR) is 46.2 cm³/mol. The van der Waals surface area contributed by atoms with E-state index in [1.54, 1.807) is 6.92 Å². The summed E-state index contributed by atoms with van der Waals surface area (Å²) in [7, 11) is 0. The molecule has 5 heteroatoms. The lowest BCUT2D eigenvalue weighted by Crippen LogP contribution is -2.32. The average Bonchev–Trinajstić information content (AvgIpc) is 2.30. The predicted octanol–water partition coefficient (Wildman–Crippen LogP) is -0.402. The van der Waals surface area contributed by atoms with E-state index in [9.17, 15) is 10.2 Å². The van der Waals surface area contributed by atoms with Gasteiger partial charge in [-0.3, -0.25) is 0 Å². The summed E-state index contributed by atoms with van der Waals surface area (Å²) in [6, 6.07) is 0. The van der Waals surface area contributed by atoms with Crippen molar-refractivity contribution in [2.24, 2.45) is 4.99 Å². The van der Waals surface area contributed by atoms with Gasteiger partial charge in [0.15, 0.2) is 0 Å². The number of hydrogen-bond acceptors (Lipinski definition) is 5. The van der Waals surface area contributed by atoms with Crippen LogP contribution in [0.1, 0.15) is 6.92 Å². The van der Waals surface area contributed by atoms with Crippen molar-refractivity contribution in [2.75, 3.05) is 6.54 Å². The normalized spacial score (nSPS) is 40.9. The molecule has 4 atom stereocenters. The highest BCUT2D eigenvalue weighted by Gasteiger charge is 2.39. The lowest BCUT2D eigenvalue weighted by atomic mass is 10.1. The fourth-order valence-electron chi connectivity index (χ4n) is 1.21. The van der Waals surface area contributed by atoms with E-state index >= 15 is 0 Å². The van der Waals surface area contributed by atoms with Gasteiger partial charge in [-0.25, -0.2) is 4.99 Å². The smallest absolute Gasteiger partial charge is 0.110 e. The molecule has 0 aromatic rings. The number of aliphatic imine (C=N–C) groups is 1. The molecule has 0 aliphatic carbocycles. The molecule has 0 radical (unpaired) electrons. The highest BCUT2D eigenvalue weighted by molar-refractivity contribution is 7.78. The van der Waals surface area contributed by atoms with E-state index < -0.39 is 18.3 Å². The Morgan fingerprint density at radius 3 is 2.58 bits per heavy atom. The lowest BCUT2D eigenvalue weighted by Gasteiger charge is -2.10. The second-order valence-corrected chi connectivity index (χ2v) is 2.98. The van der Waals surface area contributed by atoms with Gasteiger partial charge in [-0.1, -0.05) is 0 Å². The number of ether oxygens (including phenoxy) is 1. The Labute approximate surface area is 75.9 Å². The topological polar surface area (TPSA) is 62.0 Å². The minimum Gasteiger partial charge on any atom is -0.388 e. The van der Waals surface area contributed by atoms with Gasteiger partial charge in [-0.15, -0.1) is 0 Å². The minimum absolute atomic E-state index is 0.256. The van der Waals surface area contributed by atoms with Crippen LogP contribution in [0.15, 0.2) is 4.99 Å². The molecule has 4 nitrogen and oxygen atoms in total. The van der Waals surface area contributed by atoms with E-state index in [4.69, 9.17) is 4.74 Å². The molecule has 1 saturated heterocycles. The average molecular weight is 189 g/mol. The zero-order valence-electron chi connectivity index (χ0n) is 6.67. The molecule has 0 spiro atoms. The van der Waals surface area contributed by atoms with E-state index in [0.717, 1.165) is 0 Å². The number of hydrogen-bond donors (Lipinski definition) is 2. The van der Waals surface area contributed by atoms with Gasteiger partial charge in [0.2, 0.25) is 0 Å². The van der Waals surface area contributed by atoms with Gasteiger partial charge >= 0.3 is 0 Å². The maximum absolute atomic E-state index is 9.36. The Balaban J connectivity index is 2.52. The molecule has 0 amide bonds. The molecule has 1 heterocycles. The number of nitrogens with zero attached hydrogens (tertiary/aromatic N) is 1. The Kier molecular flexibility index (Phi) is 3.31. The fraction of sp³-hybridized carbons (Fsp3) is 0.857. The molecule has 0 bridgehead atoms. The van der Waals surface area contributed by atoms with Crippen LogP contribution in [0, 0.1) is 0 Å². The van der Waals surface area contributed by atoms with Crippen LogP contribution in [0.5, 0.6) is 0 Å². The molecule has 0 saturated carbocycles. The Morgan fingerprint density at radius 2 is 2.17 bits per heavy atom. The molecular formula is C7H11NO3S. The van der Waals surface area contributed by atoms with E-state index in [1.807, 2.05) is 0 Å². The zero-order valence-corrected chi connectivity index (χ0v) is 7.49. The number of thiocarbonyl (C=S) groups is 1. The third-order valence-corrected chi connectivity index (χ3v) is 2.07. The number of rotatable bonds is 2. The molecule has 68 valence electrons. The van der Waals surface area contributed by atoms with Crippen molar-refractivity contribution in [1.82, 2.24) is 0 Å². The first-order valence-electron chi connectivity index (χ1n) is 3.72. The molecule has 1 rings (SSSR count). The highest BCUT2D eigenvalue weighted by atomic mass is 32.1. The van der Waals surface area contributed by atoms with Crippen LogP contribution in [0.3, 0.4) is 0 Å². The van der Waals surface area contributed by atoms with Gasteiger partial charge in [0.1, 0.15) is 18.3 Å². The van der Waals surface area contributed by atoms with Crippen LogP contribution >= 0.6 is 12.2 Å². The maximum atomic E-state index is 9.36. The van der Waals surface area contributed by atoms with Crippen LogP contribution in [-0.4, -0.2) is 46.3 Å². The van der Waals surface area contributed by atoms with Gasteiger partial charge in [-0.05, 0) is 19.1 Å². The van der Waals surface area contributed by atoms with Crippen LogP contribution in [0.4, 0.5) is 0 Å². The van der Waals surface area contributed by atoms with Crippen molar-refractivity contribution in [1.29, 1.82) is 0 Å². The molecule has 12 heavy (non-hydrogen) atoms. The highest BCUT2D eigenvalue weighted by Crippen LogP contribution is 2.20. The summed E-state index contributed by atoms with van der Waals surface area (Å²) in [5.74, 6) is 0. The van der Waals surface area contributed by atoms with E-state index in [-0.39, 0.29) is 12.6 Å². The van der Waals surface area contributed by atoms with Crippen LogP contribution in [0.25, 0.3) is 0 Å². The summed E-state index contributed by atoms with van der Waals surface area (Å²) in [5, 5.41) is 20.8. The summed E-state index contributed by atoms with van der Waals surface area (Å²) >= 11 is 4.37. The second kappa shape index (κ2) is 4.07. The van der Waals surface area contributed by atoms with Crippen LogP contribution < -0.4 is 0 Å². The van der Waals surface area contributed by atoms with Gasteiger partial charge < -0.3 is 14.9 Å². The summed E-state index contributed by atoms with van der Waals surface area (Å²) in [4.78, 5) is 3.64. The van der Waals surface area contributed by atoms with Crippen LogP contribution in [0.2, 0.25) is 0 Å². The van der Waals surface area contributed by atoms with Gasteiger partial charge in [-0.2, -0.15) is 0 Å². The second-order valence-electron chi connectivity index (χ2n) is 2.79. The van der Waals surface area contributed by atoms with E-state index in [2.05, 4.69) is 22.4 Å². The van der Waals surface area contributed by atoms with Crippen LogP contribution in [-0.2, 0) is 4.74 Å². The van der Waals surface area contributed by atoms with Gasteiger partial charge in [0, 0.05) is 0 Å². The molecular weight excluding hydrogens is 178 g/mol. The zero-order chi connectivity index (χ0) is 9.14. The third-order valence-electron chi connectivity index (χ3n) is 1.94. The van der Waals surface area contributed by atoms with Crippen molar-refractivity contribution in [3.63, 3.8) is 0 Å². The molecule has 1 aliphatic heterocycles. The number of isothiocyanates is 1. The molecule has 1 fully saturated rings. The van der Waals surface area contributed by atoms with E-state index in [1.165, 1.54) is 0 Å². The molecule has 2 N–H and O–H groups in total. The van der Waals surface area contributed by atoms with Crippen molar-refractivity contribution in [3.8, 4) is 0 Å². The van der Waals surface area contributed by atoms with Crippen molar-refractivity contribution in [3.05, 3.63) is 0 Å². The maximum Gasteiger partial charge on any atom is 0.110 e. The number of aliphatic hydroxyl groups excluding tert-OH is 2. The SMILES string of the molecule is C[C@@H]1O[C@H](CN=C=S)C(O)C1O. The molecule has 0 aromatic carbocycles. The fourth-order valence-corrected chi connectivity index (χ4v) is 1.29. The van der Waals surface area contributed by atoms with Crippen molar-refractivity contribution >= 4 is 17.4 Å².